The molecule has 2 heterocycles. The summed E-state index contributed by atoms with van der Waals surface area (Å²) in [7, 11) is 0. The second-order valence-corrected chi connectivity index (χ2v) is 6.95. The Bertz CT molecular complexity index is 1530. The number of rotatable bonds is 1. The highest BCUT2D eigenvalue weighted by Crippen LogP contribution is 2.40. The summed E-state index contributed by atoms with van der Waals surface area (Å²) in [5, 5.41) is 5.14. The summed E-state index contributed by atoms with van der Waals surface area (Å²) in [6.07, 6.45) is 0. The lowest BCUT2D eigenvalue weighted by Gasteiger charge is -2.09. The maximum atomic E-state index is 13.8. The fourth-order valence-electron chi connectivity index (χ4n) is 4.07. The molecular formula is C25H14FNO. The minimum Gasteiger partial charge on any atom is -0.454 e. The number of pyridine rings is 1. The highest BCUT2D eigenvalue weighted by molar-refractivity contribution is 6.21. The second kappa shape index (κ2) is 5.64. The molecule has 0 saturated carbocycles. The molecule has 0 fully saturated rings. The highest BCUT2D eigenvalue weighted by Gasteiger charge is 2.19. The summed E-state index contributed by atoms with van der Waals surface area (Å²) in [6, 6.07) is 27.1. The van der Waals surface area contributed by atoms with Crippen molar-refractivity contribution < 1.29 is 8.81 Å². The molecule has 0 aliphatic rings. The van der Waals surface area contributed by atoms with E-state index in [1.165, 1.54) is 12.1 Å². The van der Waals surface area contributed by atoms with Gasteiger partial charge in [-0.3, -0.25) is 0 Å². The van der Waals surface area contributed by atoms with Crippen LogP contribution in [0.3, 0.4) is 0 Å². The molecule has 0 atom stereocenters. The third-order valence-corrected chi connectivity index (χ3v) is 5.32. The second-order valence-electron chi connectivity index (χ2n) is 6.95. The maximum absolute atomic E-state index is 13.8. The van der Waals surface area contributed by atoms with E-state index in [0.717, 1.165) is 43.7 Å². The summed E-state index contributed by atoms with van der Waals surface area (Å²) in [6.45, 7) is 0. The number of fused-ring (bicyclic) bond motifs is 6. The average molecular weight is 363 g/mol. The van der Waals surface area contributed by atoms with Crippen LogP contribution in [0.4, 0.5) is 4.39 Å². The zero-order valence-electron chi connectivity index (χ0n) is 14.8. The van der Waals surface area contributed by atoms with Crippen molar-refractivity contribution in [3.05, 3.63) is 90.7 Å². The Morgan fingerprint density at radius 3 is 2.43 bits per heavy atom. The largest absolute Gasteiger partial charge is 0.454 e. The van der Waals surface area contributed by atoms with Gasteiger partial charge in [0.15, 0.2) is 5.58 Å². The van der Waals surface area contributed by atoms with Crippen LogP contribution in [-0.2, 0) is 0 Å². The van der Waals surface area contributed by atoms with Gasteiger partial charge >= 0.3 is 0 Å². The number of para-hydroxylation sites is 1. The summed E-state index contributed by atoms with van der Waals surface area (Å²) in [5.41, 5.74) is 3.91. The number of hydrogen-bond donors (Lipinski definition) is 0. The average Bonchev–Trinajstić information content (AvgIpc) is 3.11. The maximum Gasteiger partial charge on any atom is 0.162 e. The van der Waals surface area contributed by atoms with E-state index < -0.39 is 0 Å². The van der Waals surface area contributed by atoms with Crippen molar-refractivity contribution in [3.63, 3.8) is 0 Å². The molecule has 0 aliphatic heterocycles. The first kappa shape index (κ1) is 15.3. The molecule has 6 rings (SSSR count). The first-order valence-electron chi connectivity index (χ1n) is 9.18. The van der Waals surface area contributed by atoms with Gasteiger partial charge in [-0.15, -0.1) is 0 Å². The van der Waals surface area contributed by atoms with Gasteiger partial charge in [-0.05, 0) is 29.0 Å². The first-order valence-corrected chi connectivity index (χ1v) is 9.18. The van der Waals surface area contributed by atoms with Crippen molar-refractivity contribution in [2.45, 2.75) is 0 Å². The number of furan rings is 1. The molecule has 4 aromatic carbocycles. The van der Waals surface area contributed by atoms with Crippen molar-refractivity contribution in [3.8, 4) is 11.3 Å². The molecule has 0 aliphatic carbocycles. The Morgan fingerprint density at radius 1 is 0.714 bits per heavy atom. The molecule has 28 heavy (non-hydrogen) atoms. The van der Waals surface area contributed by atoms with E-state index >= 15 is 0 Å². The van der Waals surface area contributed by atoms with Crippen molar-refractivity contribution in [2.75, 3.05) is 0 Å². The minimum absolute atomic E-state index is 0.310. The van der Waals surface area contributed by atoms with E-state index in [1.807, 2.05) is 42.5 Å². The lowest BCUT2D eigenvalue weighted by Crippen LogP contribution is -1.89. The van der Waals surface area contributed by atoms with Crippen molar-refractivity contribution in [1.82, 2.24) is 4.98 Å². The van der Waals surface area contributed by atoms with Crippen LogP contribution in [0.15, 0.2) is 89.3 Å². The van der Waals surface area contributed by atoms with Crippen molar-refractivity contribution in [1.29, 1.82) is 0 Å². The standard InChI is InChI=1S/C25H14FNO/c26-16-12-13-20-22(14-16)28-25-23(20)19-9-3-4-11-21(19)27-24(25)18-10-5-7-15-6-1-2-8-17(15)18/h1-14H. The topological polar surface area (TPSA) is 26.0 Å². The van der Waals surface area contributed by atoms with Gasteiger partial charge in [0.25, 0.3) is 0 Å². The van der Waals surface area contributed by atoms with Crippen LogP contribution in [0.25, 0.3) is 54.9 Å². The van der Waals surface area contributed by atoms with E-state index in [2.05, 4.69) is 24.3 Å². The Balaban J connectivity index is 1.85. The zero-order valence-corrected chi connectivity index (χ0v) is 14.8. The zero-order chi connectivity index (χ0) is 18.7. The Hall–Kier alpha value is -3.72. The Labute approximate surface area is 159 Å². The molecular weight excluding hydrogens is 349 g/mol. The Morgan fingerprint density at radius 2 is 1.50 bits per heavy atom. The van der Waals surface area contributed by atoms with E-state index in [4.69, 9.17) is 9.40 Å². The van der Waals surface area contributed by atoms with Gasteiger partial charge in [0.1, 0.15) is 17.1 Å². The molecule has 0 N–H and O–H groups in total. The number of aromatic nitrogens is 1. The predicted molar refractivity (Wildman–Crippen MR) is 112 cm³/mol. The molecule has 0 spiro atoms. The summed E-state index contributed by atoms with van der Waals surface area (Å²) >= 11 is 0. The number of halogens is 1. The van der Waals surface area contributed by atoms with Gasteiger partial charge in [0.05, 0.1) is 5.52 Å². The van der Waals surface area contributed by atoms with E-state index in [1.54, 1.807) is 6.07 Å². The summed E-state index contributed by atoms with van der Waals surface area (Å²) in [4.78, 5) is 4.95. The number of benzene rings is 4. The molecule has 0 saturated heterocycles. The fraction of sp³-hybridized carbons (Fsp3) is 0. The molecule has 2 aromatic heterocycles. The van der Waals surface area contributed by atoms with Crippen LogP contribution in [0.2, 0.25) is 0 Å². The van der Waals surface area contributed by atoms with Crippen LogP contribution in [-0.4, -0.2) is 4.98 Å². The van der Waals surface area contributed by atoms with Crippen LogP contribution < -0.4 is 0 Å². The lowest BCUT2D eigenvalue weighted by molar-refractivity contribution is 0.618. The van der Waals surface area contributed by atoms with Crippen molar-refractivity contribution >= 4 is 43.6 Å². The predicted octanol–water partition coefficient (Wildman–Crippen LogP) is 7.09. The van der Waals surface area contributed by atoms with E-state index in [0.29, 0.717) is 11.2 Å². The molecule has 0 radical (unpaired) electrons. The third kappa shape index (κ3) is 2.10. The molecule has 0 amide bonds. The van der Waals surface area contributed by atoms with E-state index in [9.17, 15) is 4.39 Å². The minimum atomic E-state index is -0.310. The number of nitrogens with zero attached hydrogens (tertiary/aromatic N) is 1. The van der Waals surface area contributed by atoms with Gasteiger partial charge < -0.3 is 4.42 Å². The SMILES string of the molecule is Fc1ccc2c(c1)oc1c(-c3cccc4ccccc34)nc3ccccc3c12. The lowest BCUT2D eigenvalue weighted by atomic mass is 9.99. The van der Waals surface area contributed by atoms with Crippen LogP contribution in [0, 0.1) is 5.82 Å². The first-order chi connectivity index (χ1) is 13.8. The Kier molecular flexibility index (Phi) is 3.09. The highest BCUT2D eigenvalue weighted by atomic mass is 19.1. The van der Waals surface area contributed by atoms with Gasteiger partial charge in [0, 0.05) is 27.8 Å². The van der Waals surface area contributed by atoms with Crippen LogP contribution >= 0.6 is 0 Å². The monoisotopic (exact) mass is 363 g/mol. The van der Waals surface area contributed by atoms with Gasteiger partial charge in [-0.1, -0.05) is 60.7 Å². The quantitative estimate of drug-likeness (QED) is 0.311. The molecule has 132 valence electrons. The molecule has 2 nitrogen and oxygen atoms in total. The summed E-state index contributed by atoms with van der Waals surface area (Å²) < 4.78 is 20.0. The normalized spacial score (nSPS) is 11.8. The van der Waals surface area contributed by atoms with Gasteiger partial charge in [-0.2, -0.15) is 0 Å². The summed E-state index contributed by atoms with van der Waals surface area (Å²) in [5.74, 6) is -0.310. The van der Waals surface area contributed by atoms with Gasteiger partial charge in [-0.25, -0.2) is 9.37 Å². The molecule has 3 heteroatoms. The number of hydrogen-bond acceptors (Lipinski definition) is 2. The van der Waals surface area contributed by atoms with Crippen molar-refractivity contribution in [2.24, 2.45) is 0 Å². The molecule has 0 bridgehead atoms. The third-order valence-electron chi connectivity index (χ3n) is 5.32. The fourth-order valence-corrected chi connectivity index (χ4v) is 4.07. The molecule has 6 aromatic rings. The van der Waals surface area contributed by atoms with Crippen LogP contribution in [0.1, 0.15) is 0 Å². The van der Waals surface area contributed by atoms with Crippen LogP contribution in [0.5, 0.6) is 0 Å². The smallest absolute Gasteiger partial charge is 0.162 e. The van der Waals surface area contributed by atoms with E-state index in [-0.39, 0.29) is 5.82 Å². The van der Waals surface area contributed by atoms with Gasteiger partial charge in [0.2, 0.25) is 0 Å². The molecule has 0 unspecified atom stereocenters.